The zero-order valence-electron chi connectivity index (χ0n) is 12.1. The molecule has 1 aromatic rings. The maximum atomic E-state index is 13.8. The molecule has 1 aliphatic rings. The first-order chi connectivity index (χ1) is 9.70. The maximum Gasteiger partial charge on any atom is 0.130 e. The monoisotopic (exact) mass is 279 g/mol. The highest BCUT2D eigenvalue weighted by atomic mass is 19.1. The summed E-state index contributed by atoms with van der Waals surface area (Å²) in [7, 11) is 0. The van der Waals surface area contributed by atoms with Gasteiger partial charge in [0, 0.05) is 12.1 Å². The van der Waals surface area contributed by atoms with E-state index in [4.69, 9.17) is 0 Å². The fourth-order valence-corrected chi connectivity index (χ4v) is 2.88. The van der Waals surface area contributed by atoms with Gasteiger partial charge in [-0.15, -0.1) is 0 Å². The third-order valence-electron chi connectivity index (χ3n) is 4.01. The van der Waals surface area contributed by atoms with Crippen LogP contribution in [-0.4, -0.2) is 13.1 Å². The first-order valence-corrected chi connectivity index (χ1v) is 7.57. The van der Waals surface area contributed by atoms with Gasteiger partial charge >= 0.3 is 0 Å². The van der Waals surface area contributed by atoms with E-state index in [-0.39, 0.29) is 11.6 Å². The molecule has 1 nitrogen and oxygen atoms in total. The molecule has 0 unspecified atom stereocenters. The Hall–Kier alpha value is -1.22. The molecule has 3 heteroatoms. The van der Waals surface area contributed by atoms with Crippen LogP contribution in [0, 0.1) is 17.6 Å². The third kappa shape index (κ3) is 4.14. The topological polar surface area (TPSA) is 12.0 Å². The number of hydrogen-bond acceptors (Lipinski definition) is 1. The van der Waals surface area contributed by atoms with Crippen molar-refractivity contribution in [1.82, 2.24) is 5.32 Å². The van der Waals surface area contributed by atoms with E-state index in [0.29, 0.717) is 11.5 Å². The molecule has 1 saturated carbocycles. The highest BCUT2D eigenvalue weighted by molar-refractivity contribution is 5.54. The molecular weight excluding hydrogens is 256 g/mol. The first-order valence-electron chi connectivity index (χ1n) is 7.57. The van der Waals surface area contributed by atoms with Crippen molar-refractivity contribution in [3.8, 4) is 0 Å². The zero-order valence-corrected chi connectivity index (χ0v) is 12.1. The second kappa shape index (κ2) is 7.53. The summed E-state index contributed by atoms with van der Waals surface area (Å²) in [6.07, 6.45) is 7.93. The molecule has 0 radical (unpaired) electrons. The highest BCUT2D eigenvalue weighted by Crippen LogP contribution is 2.31. The molecule has 20 heavy (non-hydrogen) atoms. The molecule has 0 aliphatic heterocycles. The van der Waals surface area contributed by atoms with Gasteiger partial charge in [0.15, 0.2) is 0 Å². The van der Waals surface area contributed by atoms with Crippen LogP contribution >= 0.6 is 0 Å². The molecule has 0 amide bonds. The fraction of sp³-hybridized carbons (Fsp3) is 0.529. The molecule has 0 spiro atoms. The van der Waals surface area contributed by atoms with Gasteiger partial charge in [-0.1, -0.05) is 37.8 Å². The fourth-order valence-electron chi connectivity index (χ4n) is 2.88. The summed E-state index contributed by atoms with van der Waals surface area (Å²) in [5.41, 5.74) is 1.57. The molecule has 1 aliphatic carbocycles. The SMILES string of the molecule is CCNC/C(=C/c1cc(F)ccc1F)C1CCCCC1. The lowest BCUT2D eigenvalue weighted by atomic mass is 9.83. The van der Waals surface area contributed by atoms with Crippen molar-refractivity contribution in [2.75, 3.05) is 13.1 Å². The second-order valence-corrected chi connectivity index (χ2v) is 5.50. The summed E-state index contributed by atoms with van der Waals surface area (Å²) >= 11 is 0. The second-order valence-electron chi connectivity index (χ2n) is 5.50. The number of nitrogens with one attached hydrogen (secondary N) is 1. The molecule has 0 saturated heterocycles. The molecule has 0 aromatic heterocycles. The Morgan fingerprint density at radius 2 is 2.00 bits per heavy atom. The lowest BCUT2D eigenvalue weighted by Crippen LogP contribution is -2.22. The van der Waals surface area contributed by atoms with Gasteiger partial charge < -0.3 is 5.32 Å². The van der Waals surface area contributed by atoms with Crippen LogP contribution in [0.3, 0.4) is 0 Å². The lowest BCUT2D eigenvalue weighted by molar-refractivity contribution is 0.397. The minimum Gasteiger partial charge on any atom is -0.313 e. The van der Waals surface area contributed by atoms with E-state index >= 15 is 0 Å². The Morgan fingerprint density at radius 1 is 1.25 bits per heavy atom. The van der Waals surface area contributed by atoms with Gasteiger partial charge in [-0.25, -0.2) is 8.78 Å². The third-order valence-corrected chi connectivity index (χ3v) is 4.01. The van der Waals surface area contributed by atoms with Crippen LogP contribution in [0.15, 0.2) is 23.8 Å². The average molecular weight is 279 g/mol. The normalized spacial score (nSPS) is 17.4. The van der Waals surface area contributed by atoms with E-state index in [2.05, 4.69) is 12.2 Å². The average Bonchev–Trinajstić information content (AvgIpc) is 2.48. The quantitative estimate of drug-likeness (QED) is 0.834. The van der Waals surface area contributed by atoms with Crippen LogP contribution in [0.2, 0.25) is 0 Å². The molecule has 1 aromatic carbocycles. The summed E-state index contributed by atoms with van der Waals surface area (Å²) in [6.45, 7) is 3.70. The van der Waals surface area contributed by atoms with E-state index in [0.717, 1.165) is 32.0 Å². The Kier molecular flexibility index (Phi) is 5.72. The summed E-state index contributed by atoms with van der Waals surface area (Å²) in [5.74, 6) is -0.231. The van der Waals surface area contributed by atoms with Gasteiger partial charge in [0.2, 0.25) is 0 Å². The van der Waals surface area contributed by atoms with Crippen LogP contribution in [0.5, 0.6) is 0 Å². The number of likely N-dealkylation sites (N-methyl/N-ethyl adjacent to an activating group) is 1. The largest absolute Gasteiger partial charge is 0.313 e. The molecular formula is C17H23F2N. The van der Waals surface area contributed by atoms with Gasteiger partial charge in [-0.2, -0.15) is 0 Å². The first kappa shape index (κ1) is 15.2. The van der Waals surface area contributed by atoms with Crippen molar-refractivity contribution >= 4 is 6.08 Å². The van der Waals surface area contributed by atoms with Crippen molar-refractivity contribution in [3.05, 3.63) is 41.0 Å². The standard InChI is InChI=1S/C17H23F2N/c1-2-20-12-15(13-6-4-3-5-7-13)10-14-11-16(18)8-9-17(14)19/h8-11,13,20H,2-7,12H2,1H3/b15-10-. The van der Waals surface area contributed by atoms with Crippen molar-refractivity contribution in [2.24, 2.45) is 5.92 Å². The Morgan fingerprint density at radius 3 is 2.70 bits per heavy atom. The molecule has 2 rings (SSSR count). The summed E-state index contributed by atoms with van der Waals surface area (Å²) in [4.78, 5) is 0. The predicted molar refractivity (Wildman–Crippen MR) is 79.5 cm³/mol. The van der Waals surface area contributed by atoms with Crippen molar-refractivity contribution < 1.29 is 8.78 Å². The number of halogens is 2. The lowest BCUT2D eigenvalue weighted by Gasteiger charge is -2.25. The van der Waals surface area contributed by atoms with Gasteiger partial charge in [-0.05, 0) is 43.5 Å². The van der Waals surface area contributed by atoms with Crippen LogP contribution in [0.1, 0.15) is 44.6 Å². The van der Waals surface area contributed by atoms with Crippen LogP contribution in [0.4, 0.5) is 8.78 Å². The van der Waals surface area contributed by atoms with E-state index in [1.54, 1.807) is 0 Å². The Labute approximate surface area is 120 Å². The van der Waals surface area contributed by atoms with Gasteiger partial charge in [0.1, 0.15) is 11.6 Å². The van der Waals surface area contributed by atoms with E-state index in [1.165, 1.54) is 37.0 Å². The number of hydrogen-bond donors (Lipinski definition) is 1. The zero-order chi connectivity index (χ0) is 14.4. The van der Waals surface area contributed by atoms with Crippen molar-refractivity contribution in [2.45, 2.75) is 39.0 Å². The van der Waals surface area contributed by atoms with E-state index in [1.807, 2.05) is 6.08 Å². The Balaban J connectivity index is 2.23. The van der Waals surface area contributed by atoms with Crippen LogP contribution in [-0.2, 0) is 0 Å². The smallest absolute Gasteiger partial charge is 0.130 e. The minimum absolute atomic E-state index is 0.351. The summed E-state index contributed by atoms with van der Waals surface area (Å²) in [5, 5.41) is 3.32. The number of rotatable bonds is 5. The minimum atomic E-state index is -0.385. The van der Waals surface area contributed by atoms with Crippen molar-refractivity contribution in [1.29, 1.82) is 0 Å². The summed E-state index contributed by atoms with van der Waals surface area (Å²) < 4.78 is 27.1. The van der Waals surface area contributed by atoms with Crippen molar-refractivity contribution in [3.63, 3.8) is 0 Å². The Bertz CT molecular complexity index is 462. The molecule has 0 atom stereocenters. The predicted octanol–water partition coefficient (Wildman–Crippen LogP) is 4.54. The maximum absolute atomic E-state index is 13.8. The van der Waals surface area contributed by atoms with Gasteiger partial charge in [0.05, 0.1) is 0 Å². The molecule has 1 fully saturated rings. The molecule has 0 bridgehead atoms. The molecule has 1 N–H and O–H groups in total. The van der Waals surface area contributed by atoms with E-state index < -0.39 is 0 Å². The summed E-state index contributed by atoms with van der Waals surface area (Å²) in [6, 6.07) is 3.65. The molecule has 0 heterocycles. The van der Waals surface area contributed by atoms with Gasteiger partial charge in [0.25, 0.3) is 0 Å². The van der Waals surface area contributed by atoms with Gasteiger partial charge in [-0.3, -0.25) is 0 Å². The van der Waals surface area contributed by atoms with E-state index in [9.17, 15) is 8.78 Å². The number of benzene rings is 1. The van der Waals surface area contributed by atoms with Crippen LogP contribution < -0.4 is 5.32 Å². The highest BCUT2D eigenvalue weighted by Gasteiger charge is 2.18. The molecule has 110 valence electrons. The van der Waals surface area contributed by atoms with Crippen LogP contribution in [0.25, 0.3) is 6.08 Å².